The van der Waals surface area contributed by atoms with Crippen LogP contribution in [0.25, 0.3) is 0 Å². The zero-order chi connectivity index (χ0) is 26.6. The highest BCUT2D eigenvalue weighted by Crippen LogP contribution is 2.64. The zero-order valence-electron chi connectivity index (χ0n) is 23.9. The summed E-state index contributed by atoms with van der Waals surface area (Å²) in [7, 11) is 4.13. The van der Waals surface area contributed by atoms with Crippen molar-refractivity contribution >= 4 is 0 Å². The first-order valence-electron chi connectivity index (χ1n) is 15.6. The largest absolute Gasteiger partial charge is 0.493 e. The summed E-state index contributed by atoms with van der Waals surface area (Å²) in [5, 5.41) is 10.1. The minimum absolute atomic E-state index is 0.0714. The Bertz CT molecular complexity index is 1170. The van der Waals surface area contributed by atoms with Gasteiger partial charge < -0.3 is 14.6 Å². The van der Waals surface area contributed by atoms with E-state index in [4.69, 9.17) is 9.47 Å². The first kappa shape index (κ1) is 25.9. The number of hydrogen-bond acceptors (Lipinski definition) is 5. The van der Waals surface area contributed by atoms with Gasteiger partial charge in [0.2, 0.25) is 0 Å². The van der Waals surface area contributed by atoms with Crippen LogP contribution in [0.15, 0.2) is 42.5 Å². The van der Waals surface area contributed by atoms with Crippen molar-refractivity contribution in [2.75, 3.05) is 33.8 Å². The highest BCUT2D eigenvalue weighted by Gasteiger charge is 2.66. The summed E-state index contributed by atoms with van der Waals surface area (Å²) >= 11 is 0. The fraction of sp³-hybridized carbons (Fsp3) is 0.647. The van der Waals surface area contributed by atoms with Crippen molar-refractivity contribution in [3.63, 3.8) is 0 Å². The third kappa shape index (κ3) is 4.40. The molecule has 1 spiro atoms. The number of benzene rings is 2. The molecule has 3 fully saturated rings. The van der Waals surface area contributed by atoms with Gasteiger partial charge in [-0.2, -0.15) is 0 Å². The smallest absolute Gasteiger partial charge is 0.165 e. The Morgan fingerprint density at radius 1 is 1.08 bits per heavy atom. The van der Waals surface area contributed by atoms with Gasteiger partial charge in [-0.25, -0.2) is 0 Å². The molecule has 2 unspecified atom stereocenters. The molecule has 2 bridgehead atoms. The second kappa shape index (κ2) is 10.4. The molecule has 7 rings (SSSR count). The molecule has 2 aromatic carbocycles. The standard InChI is InChI=1S/C34H46N2O3/c1-35(18-9-4-3-6-10-23-11-7-5-8-12-23)27-15-14-26-28-20-24-13-16-30(38-2)32-31(24)34(26,33(27)39-32)17-19-36(28)22-25-21-29(25)37/h5,7-8,11-13,16,25-29,33,37H,3-4,6,9-10,14-15,17-22H2,1-2H3/t25?,26-,27+,28+,29?,33-,34-/m0/s1. The van der Waals surface area contributed by atoms with Gasteiger partial charge in [-0.1, -0.05) is 49.2 Å². The molecule has 5 aliphatic rings. The lowest BCUT2D eigenvalue weighted by molar-refractivity contribution is -0.0861. The molecule has 210 valence electrons. The third-order valence-electron chi connectivity index (χ3n) is 11.1. The molecular weight excluding hydrogens is 484 g/mol. The summed E-state index contributed by atoms with van der Waals surface area (Å²) in [4.78, 5) is 5.39. The van der Waals surface area contributed by atoms with Gasteiger partial charge in [0.15, 0.2) is 11.5 Å². The SMILES string of the molecule is COc1ccc2c3c1O[C@H]1[C@H](N(C)CCCCCCc4ccccc4)CC[C@H]4[C@@H](C2)N(CC2CC2O)CC[C@@]341. The van der Waals surface area contributed by atoms with Crippen LogP contribution in [0.2, 0.25) is 0 Å². The molecule has 2 saturated carbocycles. The van der Waals surface area contributed by atoms with Crippen LogP contribution in [0.4, 0.5) is 0 Å². The number of likely N-dealkylation sites (N-methyl/N-ethyl adjacent to an activating group) is 1. The van der Waals surface area contributed by atoms with Crippen LogP contribution in [-0.2, 0) is 18.3 Å². The summed E-state index contributed by atoms with van der Waals surface area (Å²) in [5.74, 6) is 3.09. The number of ether oxygens (including phenoxy) is 2. The summed E-state index contributed by atoms with van der Waals surface area (Å²) in [6.07, 6.45) is 12.2. The van der Waals surface area contributed by atoms with Gasteiger partial charge in [0, 0.05) is 35.5 Å². The molecule has 5 heteroatoms. The Labute approximate surface area is 234 Å². The Hall–Kier alpha value is -2.08. The first-order valence-corrected chi connectivity index (χ1v) is 15.6. The van der Waals surface area contributed by atoms with E-state index in [-0.39, 0.29) is 17.6 Å². The van der Waals surface area contributed by atoms with Gasteiger partial charge in [0.25, 0.3) is 0 Å². The fourth-order valence-corrected chi connectivity index (χ4v) is 9.01. The maximum atomic E-state index is 10.1. The van der Waals surface area contributed by atoms with Crippen molar-refractivity contribution in [1.29, 1.82) is 0 Å². The predicted molar refractivity (Wildman–Crippen MR) is 155 cm³/mol. The lowest BCUT2D eigenvalue weighted by Crippen LogP contribution is -2.68. The molecule has 5 nitrogen and oxygen atoms in total. The van der Waals surface area contributed by atoms with E-state index in [1.165, 1.54) is 68.1 Å². The van der Waals surface area contributed by atoms with Crippen LogP contribution in [0.3, 0.4) is 0 Å². The second-order valence-corrected chi connectivity index (χ2v) is 13.2. The number of piperidine rings is 1. The number of aliphatic hydroxyl groups excluding tert-OH is 1. The van der Waals surface area contributed by atoms with Gasteiger partial charge in [-0.3, -0.25) is 9.80 Å². The van der Waals surface area contributed by atoms with E-state index in [1.807, 2.05) is 0 Å². The van der Waals surface area contributed by atoms with Crippen LogP contribution in [-0.4, -0.2) is 73.0 Å². The molecule has 2 heterocycles. The maximum Gasteiger partial charge on any atom is 0.165 e. The Kier molecular flexibility index (Phi) is 6.89. The van der Waals surface area contributed by atoms with Gasteiger partial charge in [-0.15, -0.1) is 0 Å². The fourth-order valence-electron chi connectivity index (χ4n) is 9.01. The van der Waals surface area contributed by atoms with Gasteiger partial charge in [0.05, 0.1) is 13.2 Å². The molecule has 1 saturated heterocycles. The minimum atomic E-state index is -0.0714. The highest BCUT2D eigenvalue weighted by atomic mass is 16.5. The Balaban J connectivity index is 1.06. The van der Waals surface area contributed by atoms with Crippen LogP contribution in [0.5, 0.6) is 11.5 Å². The van der Waals surface area contributed by atoms with E-state index in [0.717, 1.165) is 44.0 Å². The summed E-state index contributed by atoms with van der Waals surface area (Å²) in [6.45, 7) is 3.33. The first-order chi connectivity index (χ1) is 19.1. The van der Waals surface area contributed by atoms with Crippen LogP contribution in [0.1, 0.15) is 68.1 Å². The van der Waals surface area contributed by atoms with Gasteiger partial charge in [-0.05, 0) is 94.6 Å². The molecule has 3 aliphatic carbocycles. The molecule has 0 radical (unpaired) electrons. The summed E-state index contributed by atoms with van der Waals surface area (Å²) in [6, 6.07) is 16.4. The van der Waals surface area contributed by atoms with Crippen molar-refractivity contribution < 1.29 is 14.6 Å². The zero-order valence-corrected chi connectivity index (χ0v) is 23.9. The molecule has 2 aliphatic heterocycles. The van der Waals surface area contributed by atoms with E-state index in [1.54, 1.807) is 7.11 Å². The monoisotopic (exact) mass is 530 g/mol. The number of nitrogens with zero attached hydrogens (tertiary/aromatic N) is 2. The number of hydrogen-bond donors (Lipinski definition) is 1. The Morgan fingerprint density at radius 3 is 2.69 bits per heavy atom. The van der Waals surface area contributed by atoms with Crippen molar-refractivity contribution in [3.8, 4) is 11.5 Å². The average molecular weight is 531 g/mol. The topological polar surface area (TPSA) is 45.2 Å². The van der Waals surface area contributed by atoms with Gasteiger partial charge in [0.1, 0.15) is 6.10 Å². The van der Waals surface area contributed by atoms with Crippen LogP contribution >= 0.6 is 0 Å². The third-order valence-corrected chi connectivity index (χ3v) is 11.1. The average Bonchev–Trinajstić information content (AvgIpc) is 3.54. The van der Waals surface area contributed by atoms with Crippen molar-refractivity contribution in [1.82, 2.24) is 9.80 Å². The molecule has 7 atom stereocenters. The van der Waals surface area contributed by atoms with E-state index in [2.05, 4.69) is 59.3 Å². The second-order valence-electron chi connectivity index (χ2n) is 13.2. The normalized spacial score (nSPS) is 34.1. The highest BCUT2D eigenvalue weighted by molar-refractivity contribution is 5.61. The Morgan fingerprint density at radius 2 is 1.90 bits per heavy atom. The van der Waals surface area contributed by atoms with E-state index in [9.17, 15) is 5.11 Å². The van der Waals surface area contributed by atoms with E-state index >= 15 is 0 Å². The maximum absolute atomic E-state index is 10.1. The summed E-state index contributed by atoms with van der Waals surface area (Å²) in [5.41, 5.74) is 4.55. The van der Waals surface area contributed by atoms with E-state index < -0.39 is 0 Å². The van der Waals surface area contributed by atoms with Gasteiger partial charge >= 0.3 is 0 Å². The molecule has 39 heavy (non-hydrogen) atoms. The number of methoxy groups -OCH3 is 1. The van der Waals surface area contributed by atoms with E-state index in [0.29, 0.717) is 23.9 Å². The minimum Gasteiger partial charge on any atom is -0.493 e. The van der Waals surface area contributed by atoms with Crippen LogP contribution < -0.4 is 9.47 Å². The quantitative estimate of drug-likeness (QED) is 0.404. The number of rotatable bonds is 11. The number of unbranched alkanes of at least 4 members (excludes halogenated alkanes) is 3. The number of likely N-dealkylation sites (tertiary alicyclic amines) is 1. The lowest BCUT2D eigenvalue weighted by Gasteiger charge is -2.60. The van der Waals surface area contributed by atoms with Crippen molar-refractivity contribution in [2.24, 2.45) is 11.8 Å². The molecule has 0 amide bonds. The predicted octanol–water partition coefficient (Wildman–Crippen LogP) is 5.22. The van der Waals surface area contributed by atoms with Crippen molar-refractivity contribution in [2.45, 2.75) is 93.9 Å². The molecule has 0 aromatic heterocycles. The van der Waals surface area contributed by atoms with Crippen LogP contribution in [0, 0.1) is 11.8 Å². The number of aliphatic hydroxyl groups is 1. The molecule has 2 aromatic rings. The molecular formula is C34H46N2O3. The number of aryl methyl sites for hydroxylation is 1. The molecule has 1 N–H and O–H groups in total. The lowest BCUT2D eigenvalue weighted by atomic mass is 9.51. The van der Waals surface area contributed by atoms with Crippen molar-refractivity contribution in [3.05, 3.63) is 59.2 Å². The summed E-state index contributed by atoms with van der Waals surface area (Å²) < 4.78 is 12.9.